The number of ether oxygens (including phenoxy) is 4. The molecule has 0 aliphatic carbocycles. The zero-order valence-electron chi connectivity index (χ0n) is 19.3. The first-order valence-corrected chi connectivity index (χ1v) is 11.0. The molecule has 6 atom stereocenters. The van der Waals surface area contributed by atoms with Gasteiger partial charge in [-0.1, -0.05) is 0 Å². The number of aliphatic hydroxyl groups excluding tert-OH is 4. The second kappa shape index (κ2) is 9.51. The summed E-state index contributed by atoms with van der Waals surface area (Å²) in [6, 6.07) is 4.53. The summed E-state index contributed by atoms with van der Waals surface area (Å²) >= 11 is 0. The van der Waals surface area contributed by atoms with Crippen molar-refractivity contribution in [3.63, 3.8) is 0 Å². The average Bonchev–Trinajstić information content (AvgIpc) is 2.85. The molecule has 2 heterocycles. The second-order valence-electron chi connectivity index (χ2n) is 8.61. The van der Waals surface area contributed by atoms with E-state index in [1.807, 2.05) is 0 Å². The van der Waals surface area contributed by atoms with Crippen LogP contribution in [0.25, 0.3) is 0 Å². The average molecular weight is 492 g/mol. The van der Waals surface area contributed by atoms with Gasteiger partial charge in [0.2, 0.25) is 6.29 Å². The number of carbonyl (C=O) groups is 1. The van der Waals surface area contributed by atoms with E-state index in [-0.39, 0.29) is 40.5 Å². The Morgan fingerprint density at radius 1 is 1.06 bits per heavy atom. The van der Waals surface area contributed by atoms with Crippen molar-refractivity contribution in [1.29, 1.82) is 0 Å². The van der Waals surface area contributed by atoms with Gasteiger partial charge in [0.25, 0.3) is 0 Å². The van der Waals surface area contributed by atoms with Crippen LogP contribution in [0.4, 0.5) is 0 Å². The fourth-order valence-corrected chi connectivity index (χ4v) is 4.38. The third-order valence-corrected chi connectivity index (χ3v) is 6.41. The minimum absolute atomic E-state index is 0.0221. The Hall–Kier alpha value is -3.09. The molecule has 190 valence electrons. The number of aromatic hydroxyl groups is 2. The summed E-state index contributed by atoms with van der Waals surface area (Å²) < 4.78 is 22.5. The Bertz CT molecular complexity index is 1130. The number of hydrogen-bond donors (Lipinski definition) is 6. The van der Waals surface area contributed by atoms with Crippen molar-refractivity contribution in [3.8, 4) is 28.7 Å². The van der Waals surface area contributed by atoms with Crippen LogP contribution in [0, 0.1) is 13.8 Å². The zero-order valence-corrected chi connectivity index (χ0v) is 19.3. The van der Waals surface area contributed by atoms with Gasteiger partial charge in [-0.25, -0.2) is 0 Å². The van der Waals surface area contributed by atoms with Crippen LogP contribution >= 0.6 is 0 Å². The van der Waals surface area contributed by atoms with E-state index in [2.05, 4.69) is 0 Å². The molecule has 6 unspecified atom stereocenters. The number of methoxy groups -OCH3 is 1. The van der Waals surface area contributed by atoms with Crippen molar-refractivity contribution in [2.75, 3.05) is 13.7 Å². The normalized spacial score (nSPS) is 28.3. The van der Waals surface area contributed by atoms with E-state index in [1.54, 1.807) is 19.1 Å². The molecule has 4 rings (SSSR count). The number of ketones is 1. The largest absolute Gasteiger partial charge is 0.508 e. The molecule has 1 saturated heterocycles. The molecule has 11 heteroatoms. The Labute approximate surface area is 200 Å². The first-order chi connectivity index (χ1) is 16.6. The Balaban J connectivity index is 1.73. The number of phenols is 2. The summed E-state index contributed by atoms with van der Waals surface area (Å²) in [4.78, 5) is 13.0. The molecule has 11 nitrogen and oxygen atoms in total. The topological polar surface area (TPSA) is 175 Å². The van der Waals surface area contributed by atoms with Crippen LogP contribution in [0.5, 0.6) is 28.7 Å². The van der Waals surface area contributed by atoms with Crippen molar-refractivity contribution in [1.82, 2.24) is 0 Å². The first kappa shape index (κ1) is 25.0. The van der Waals surface area contributed by atoms with Gasteiger partial charge in [-0.2, -0.15) is 0 Å². The standard InChI is InChI=1S/C24H28O11/c1-9-18(28)17-14(27)7-15(12-6-11(32-3)4-5-13(12)26)33-23(17)10(2)22(9)35-24-21(31)20(30)19(29)16(8-25)34-24/h4-6,15-16,19-21,24-26,28-31H,7-8H2,1-3H3. The monoisotopic (exact) mass is 492 g/mol. The minimum Gasteiger partial charge on any atom is -0.508 e. The van der Waals surface area contributed by atoms with Crippen LogP contribution in [-0.2, 0) is 4.74 Å². The number of hydrogen-bond acceptors (Lipinski definition) is 11. The van der Waals surface area contributed by atoms with Gasteiger partial charge in [0.15, 0.2) is 5.78 Å². The molecule has 0 radical (unpaired) electrons. The van der Waals surface area contributed by atoms with E-state index >= 15 is 0 Å². The van der Waals surface area contributed by atoms with Gasteiger partial charge in [0.1, 0.15) is 64.8 Å². The number of Topliss-reactive ketones (excluding diaryl/α,β-unsaturated/α-hetero) is 1. The summed E-state index contributed by atoms with van der Waals surface area (Å²) in [5, 5.41) is 61.0. The molecule has 0 saturated carbocycles. The molecule has 6 N–H and O–H groups in total. The molecule has 0 bridgehead atoms. The highest BCUT2D eigenvalue weighted by atomic mass is 16.7. The number of rotatable bonds is 5. The van der Waals surface area contributed by atoms with Crippen LogP contribution in [-0.4, -0.2) is 80.8 Å². The third kappa shape index (κ3) is 4.26. The van der Waals surface area contributed by atoms with Crippen molar-refractivity contribution in [3.05, 3.63) is 40.5 Å². The molecule has 2 aromatic rings. The van der Waals surface area contributed by atoms with E-state index in [4.69, 9.17) is 18.9 Å². The van der Waals surface area contributed by atoms with Gasteiger partial charge >= 0.3 is 0 Å². The number of fused-ring (bicyclic) bond motifs is 1. The van der Waals surface area contributed by atoms with Crippen molar-refractivity contribution >= 4 is 5.78 Å². The lowest BCUT2D eigenvalue weighted by Crippen LogP contribution is -2.60. The quantitative estimate of drug-likeness (QED) is 0.345. The Morgan fingerprint density at radius 3 is 2.43 bits per heavy atom. The fourth-order valence-electron chi connectivity index (χ4n) is 4.38. The lowest BCUT2D eigenvalue weighted by Gasteiger charge is -2.40. The fraction of sp³-hybridized carbons (Fsp3) is 0.458. The summed E-state index contributed by atoms with van der Waals surface area (Å²) in [6.45, 7) is 2.43. The highest BCUT2D eigenvalue weighted by Gasteiger charge is 2.45. The second-order valence-corrected chi connectivity index (χ2v) is 8.61. The lowest BCUT2D eigenvalue weighted by molar-refractivity contribution is -0.277. The molecule has 2 aromatic carbocycles. The third-order valence-electron chi connectivity index (χ3n) is 6.41. The Morgan fingerprint density at radius 2 is 1.77 bits per heavy atom. The molecule has 0 aromatic heterocycles. The van der Waals surface area contributed by atoms with Crippen molar-refractivity contribution in [2.24, 2.45) is 0 Å². The van der Waals surface area contributed by atoms with E-state index in [0.717, 1.165) is 0 Å². The summed E-state index contributed by atoms with van der Waals surface area (Å²) in [5.74, 6) is -0.399. The number of benzene rings is 2. The molecule has 0 amide bonds. The molecule has 2 aliphatic heterocycles. The first-order valence-electron chi connectivity index (χ1n) is 11.0. The SMILES string of the molecule is COc1ccc(O)c(C2CC(=O)c3c(O)c(C)c(OC4OC(CO)C(O)C(O)C4O)c(C)c3O2)c1. The number of aliphatic hydroxyl groups is 4. The van der Waals surface area contributed by atoms with Gasteiger partial charge in [0, 0.05) is 16.7 Å². The van der Waals surface area contributed by atoms with Crippen LogP contribution in [0.15, 0.2) is 18.2 Å². The Kier molecular flexibility index (Phi) is 6.80. The van der Waals surface area contributed by atoms with Gasteiger partial charge in [0.05, 0.1) is 20.1 Å². The summed E-state index contributed by atoms with van der Waals surface area (Å²) in [6.07, 6.45) is -8.61. The predicted octanol–water partition coefficient (Wildman–Crippen LogP) is 0.608. The van der Waals surface area contributed by atoms with Gasteiger partial charge in [-0.05, 0) is 32.0 Å². The maximum absolute atomic E-state index is 13.0. The lowest BCUT2D eigenvalue weighted by atomic mass is 9.91. The minimum atomic E-state index is -1.67. The van der Waals surface area contributed by atoms with Crippen molar-refractivity contribution < 1.29 is 54.4 Å². The molecule has 0 spiro atoms. The molecular weight excluding hydrogens is 464 g/mol. The van der Waals surface area contributed by atoms with Crippen LogP contribution < -0.4 is 14.2 Å². The van der Waals surface area contributed by atoms with Crippen LogP contribution in [0.2, 0.25) is 0 Å². The van der Waals surface area contributed by atoms with Crippen LogP contribution in [0.1, 0.15) is 39.6 Å². The van der Waals surface area contributed by atoms with Gasteiger partial charge < -0.3 is 49.6 Å². The van der Waals surface area contributed by atoms with E-state index < -0.39 is 49.2 Å². The summed E-state index contributed by atoms with van der Waals surface area (Å²) in [5.41, 5.74) is 0.740. The van der Waals surface area contributed by atoms with E-state index in [9.17, 15) is 35.4 Å². The summed E-state index contributed by atoms with van der Waals surface area (Å²) in [7, 11) is 1.46. The van der Waals surface area contributed by atoms with Gasteiger partial charge in [-0.3, -0.25) is 4.79 Å². The molecular formula is C24H28O11. The van der Waals surface area contributed by atoms with Crippen molar-refractivity contribution in [2.45, 2.75) is 57.1 Å². The van der Waals surface area contributed by atoms with Gasteiger partial charge in [-0.15, -0.1) is 0 Å². The van der Waals surface area contributed by atoms with Crippen LogP contribution in [0.3, 0.4) is 0 Å². The predicted molar refractivity (Wildman–Crippen MR) is 119 cm³/mol. The molecule has 35 heavy (non-hydrogen) atoms. The smallest absolute Gasteiger partial charge is 0.229 e. The highest BCUT2D eigenvalue weighted by Crippen LogP contribution is 2.49. The van der Waals surface area contributed by atoms with E-state index in [0.29, 0.717) is 16.9 Å². The molecule has 1 fully saturated rings. The van der Waals surface area contributed by atoms with E-state index in [1.165, 1.54) is 20.1 Å². The maximum Gasteiger partial charge on any atom is 0.229 e. The number of phenolic OH excluding ortho intramolecular Hbond substituents is 2. The molecule has 2 aliphatic rings. The highest BCUT2D eigenvalue weighted by molar-refractivity contribution is 6.04. The maximum atomic E-state index is 13.0. The number of carbonyl (C=O) groups excluding carboxylic acids is 1. The zero-order chi connectivity index (χ0) is 25.6.